The van der Waals surface area contributed by atoms with Gasteiger partial charge in [0.2, 0.25) is 0 Å². The number of hydrogen-bond donors (Lipinski definition) is 0. The van der Waals surface area contributed by atoms with Gasteiger partial charge in [-0.15, -0.1) is 0 Å². The van der Waals surface area contributed by atoms with Crippen molar-refractivity contribution in [2.45, 2.75) is 46.5 Å². The first kappa shape index (κ1) is 17.3. The minimum absolute atomic E-state index is 0.0245. The van der Waals surface area contributed by atoms with Gasteiger partial charge in [0, 0.05) is 21.9 Å². The van der Waals surface area contributed by atoms with Gasteiger partial charge in [-0.3, -0.25) is 9.59 Å². The fraction of sp³-hybridized carbons (Fsp3) is 0.619. The number of ketones is 2. The molecule has 26 heavy (non-hydrogen) atoms. The van der Waals surface area contributed by atoms with Crippen LogP contribution in [0.4, 0.5) is 0 Å². The zero-order chi connectivity index (χ0) is 18.7. The Balaban J connectivity index is 1.84. The van der Waals surface area contributed by atoms with E-state index in [9.17, 15) is 9.59 Å². The van der Waals surface area contributed by atoms with Gasteiger partial charge in [-0.2, -0.15) is 0 Å². The lowest BCUT2D eigenvalue weighted by Gasteiger charge is -2.55. The van der Waals surface area contributed by atoms with Crippen molar-refractivity contribution in [3.8, 4) is 0 Å². The summed E-state index contributed by atoms with van der Waals surface area (Å²) in [7, 11) is 0. The molecular formula is C21H25N3O2. The number of carbonyl (C=O) groups excluding carboxylic acids is 2. The molecule has 0 spiro atoms. The average Bonchev–Trinajstić information content (AvgIpc) is 2.94. The number of Topliss-reactive ketones (excluding diaryl/α,β-unsaturated/α-hetero) is 1. The van der Waals surface area contributed by atoms with Crippen LogP contribution in [-0.2, 0) is 9.59 Å². The van der Waals surface area contributed by atoms with Crippen LogP contribution in [0, 0.1) is 34.5 Å². The monoisotopic (exact) mass is 351 g/mol. The predicted molar refractivity (Wildman–Crippen MR) is 98.8 cm³/mol. The van der Waals surface area contributed by atoms with Crippen molar-refractivity contribution in [1.82, 2.24) is 0 Å². The molecule has 4 aliphatic carbocycles. The van der Waals surface area contributed by atoms with Crippen LogP contribution in [0.3, 0.4) is 0 Å². The molecule has 0 radical (unpaired) electrons. The van der Waals surface area contributed by atoms with Crippen LogP contribution in [0.1, 0.15) is 46.5 Å². The number of nitrogens with zero attached hydrogens (tertiary/aromatic N) is 3. The van der Waals surface area contributed by atoms with Gasteiger partial charge in [-0.1, -0.05) is 31.1 Å². The highest BCUT2D eigenvalue weighted by atomic mass is 16.1. The quantitative estimate of drug-likeness (QED) is 0.402. The standard InChI is InChI=1S/C21H25N3O2/c1-12(25)15-4-5-16-14-11-19(23-24-22)18-10-13(26)6-8-21(18,3)17(14)7-9-20(15,16)2/h6,8,10-11,14-17H,4-5,7,9H2,1-3H3/t14-,15+,16-,17-,20+,21+/m0/s1. The van der Waals surface area contributed by atoms with Gasteiger partial charge in [0.25, 0.3) is 0 Å². The van der Waals surface area contributed by atoms with Gasteiger partial charge in [0.1, 0.15) is 5.78 Å². The lowest BCUT2D eigenvalue weighted by Crippen LogP contribution is -2.49. The number of azide groups is 1. The molecule has 0 saturated heterocycles. The van der Waals surface area contributed by atoms with Crippen molar-refractivity contribution in [1.29, 1.82) is 0 Å². The average molecular weight is 351 g/mol. The van der Waals surface area contributed by atoms with E-state index < -0.39 is 0 Å². The maximum absolute atomic E-state index is 12.2. The maximum Gasteiger partial charge on any atom is 0.178 e. The van der Waals surface area contributed by atoms with Gasteiger partial charge in [-0.25, -0.2) is 0 Å². The van der Waals surface area contributed by atoms with E-state index in [0.29, 0.717) is 23.3 Å². The number of rotatable bonds is 2. The maximum atomic E-state index is 12.2. The predicted octanol–water partition coefficient (Wildman–Crippen LogP) is 4.91. The summed E-state index contributed by atoms with van der Waals surface area (Å²) >= 11 is 0. The van der Waals surface area contributed by atoms with E-state index in [0.717, 1.165) is 31.3 Å². The number of hydrogen-bond acceptors (Lipinski definition) is 3. The molecule has 136 valence electrons. The Morgan fingerprint density at radius 2 is 2.04 bits per heavy atom. The Morgan fingerprint density at radius 1 is 1.27 bits per heavy atom. The summed E-state index contributed by atoms with van der Waals surface area (Å²) in [6.45, 7) is 6.17. The molecule has 6 atom stereocenters. The van der Waals surface area contributed by atoms with Gasteiger partial charge >= 0.3 is 0 Å². The molecule has 0 unspecified atom stereocenters. The van der Waals surface area contributed by atoms with Crippen molar-refractivity contribution < 1.29 is 9.59 Å². The third-order valence-electron chi connectivity index (χ3n) is 7.83. The summed E-state index contributed by atoms with van der Waals surface area (Å²) in [6, 6.07) is 0. The molecule has 4 rings (SSSR count). The lowest BCUT2D eigenvalue weighted by atomic mass is 9.49. The zero-order valence-corrected chi connectivity index (χ0v) is 15.6. The van der Waals surface area contributed by atoms with Gasteiger partial charge < -0.3 is 0 Å². The summed E-state index contributed by atoms with van der Waals surface area (Å²) in [5, 5.41) is 3.95. The topological polar surface area (TPSA) is 82.9 Å². The molecule has 5 nitrogen and oxygen atoms in total. The SMILES string of the molecule is CC(=O)[C@H]1CC[C@H]2[C@@H]3C=C(N=[N+]=[N-])C4=CC(=O)C=C[C@]4(C)[C@H]3CC[C@]12C. The van der Waals surface area contributed by atoms with E-state index in [2.05, 4.69) is 29.9 Å². The molecule has 0 heterocycles. The van der Waals surface area contributed by atoms with E-state index in [1.807, 2.05) is 6.08 Å². The first-order valence-corrected chi connectivity index (χ1v) is 9.54. The van der Waals surface area contributed by atoms with Gasteiger partial charge in [-0.05, 0) is 79.0 Å². The second kappa shape index (κ2) is 5.68. The van der Waals surface area contributed by atoms with E-state index in [4.69, 9.17) is 5.53 Å². The van der Waals surface area contributed by atoms with Gasteiger partial charge in [0.15, 0.2) is 5.78 Å². The summed E-state index contributed by atoms with van der Waals surface area (Å²) in [4.78, 5) is 27.2. The zero-order valence-electron chi connectivity index (χ0n) is 15.6. The molecule has 0 aromatic carbocycles. The Kier molecular flexibility index (Phi) is 3.78. The van der Waals surface area contributed by atoms with Crippen LogP contribution in [0.25, 0.3) is 10.4 Å². The summed E-state index contributed by atoms with van der Waals surface area (Å²) in [6.07, 6.45) is 11.5. The van der Waals surface area contributed by atoms with Crippen molar-refractivity contribution in [2.24, 2.45) is 39.6 Å². The largest absolute Gasteiger partial charge is 0.300 e. The van der Waals surface area contributed by atoms with Crippen molar-refractivity contribution in [2.75, 3.05) is 0 Å². The molecule has 2 fully saturated rings. The summed E-state index contributed by atoms with van der Waals surface area (Å²) < 4.78 is 0. The highest BCUT2D eigenvalue weighted by molar-refractivity contribution is 6.02. The number of carbonyl (C=O) groups is 2. The molecular weight excluding hydrogens is 326 g/mol. The molecule has 0 amide bonds. The Labute approximate surface area is 153 Å². The molecule has 0 N–H and O–H groups in total. The summed E-state index contributed by atoms with van der Waals surface area (Å²) in [5.41, 5.74) is 10.2. The molecule has 0 aromatic heterocycles. The van der Waals surface area contributed by atoms with Crippen LogP contribution in [0.5, 0.6) is 0 Å². The molecule has 5 heteroatoms. The van der Waals surface area contributed by atoms with E-state index in [-0.39, 0.29) is 28.4 Å². The third-order valence-corrected chi connectivity index (χ3v) is 7.83. The highest BCUT2D eigenvalue weighted by Crippen LogP contribution is 2.65. The van der Waals surface area contributed by atoms with Crippen LogP contribution in [0.2, 0.25) is 0 Å². The first-order valence-electron chi connectivity index (χ1n) is 9.54. The van der Waals surface area contributed by atoms with Crippen LogP contribution < -0.4 is 0 Å². The van der Waals surface area contributed by atoms with Crippen molar-refractivity contribution in [3.63, 3.8) is 0 Å². The second-order valence-corrected chi connectivity index (χ2v) is 8.89. The Bertz CT molecular complexity index is 832. The smallest absolute Gasteiger partial charge is 0.178 e. The van der Waals surface area contributed by atoms with Crippen LogP contribution >= 0.6 is 0 Å². The molecule has 0 bridgehead atoms. The minimum Gasteiger partial charge on any atom is -0.300 e. The fourth-order valence-corrected chi connectivity index (χ4v) is 6.57. The molecule has 0 aromatic rings. The molecule has 2 saturated carbocycles. The van der Waals surface area contributed by atoms with Crippen LogP contribution in [-0.4, -0.2) is 11.6 Å². The normalized spacial score (nSPS) is 43.4. The van der Waals surface area contributed by atoms with Crippen molar-refractivity contribution >= 4 is 11.6 Å². The first-order chi connectivity index (χ1) is 12.3. The van der Waals surface area contributed by atoms with Gasteiger partial charge in [0.05, 0.1) is 0 Å². The number of fused-ring (bicyclic) bond motifs is 5. The molecule has 4 aliphatic rings. The fourth-order valence-electron chi connectivity index (χ4n) is 6.57. The highest BCUT2D eigenvalue weighted by Gasteiger charge is 2.59. The Morgan fingerprint density at radius 3 is 2.73 bits per heavy atom. The third kappa shape index (κ3) is 2.20. The van der Waals surface area contributed by atoms with E-state index in [1.165, 1.54) is 0 Å². The second-order valence-electron chi connectivity index (χ2n) is 8.89. The van der Waals surface area contributed by atoms with Crippen LogP contribution in [0.15, 0.2) is 40.7 Å². The van der Waals surface area contributed by atoms with E-state index >= 15 is 0 Å². The lowest BCUT2D eigenvalue weighted by molar-refractivity contribution is -0.126. The number of allylic oxidation sites excluding steroid dienone is 5. The molecule has 0 aliphatic heterocycles. The van der Waals surface area contributed by atoms with E-state index in [1.54, 1.807) is 19.1 Å². The van der Waals surface area contributed by atoms with Crippen molar-refractivity contribution in [3.05, 3.63) is 46.0 Å². The minimum atomic E-state index is -0.285. The summed E-state index contributed by atoms with van der Waals surface area (Å²) in [5.74, 6) is 1.46. The Hall–Kier alpha value is -2.13.